The number of benzene rings is 1. The van der Waals surface area contributed by atoms with Crippen LogP contribution < -0.4 is 0 Å². The van der Waals surface area contributed by atoms with Crippen LogP contribution in [-0.2, 0) is 16.6 Å². The summed E-state index contributed by atoms with van der Waals surface area (Å²) in [6, 6.07) is 10.8. The summed E-state index contributed by atoms with van der Waals surface area (Å²) in [4.78, 5) is 0. The van der Waals surface area contributed by atoms with E-state index < -0.39 is 10.0 Å². The Labute approximate surface area is 135 Å². The molecule has 0 saturated heterocycles. The van der Waals surface area contributed by atoms with Crippen LogP contribution >= 0.6 is 11.6 Å². The fourth-order valence-corrected chi connectivity index (χ4v) is 4.22. The van der Waals surface area contributed by atoms with Crippen molar-refractivity contribution in [1.29, 1.82) is 0 Å². The number of sulfonamides is 1. The van der Waals surface area contributed by atoms with Crippen LogP contribution in [0.1, 0.15) is 24.2 Å². The van der Waals surface area contributed by atoms with Crippen LogP contribution in [0.15, 0.2) is 48.0 Å². The molecule has 1 aromatic heterocycles. The molecule has 1 aromatic carbocycles. The van der Waals surface area contributed by atoms with Crippen LogP contribution in [0.25, 0.3) is 6.08 Å². The second kappa shape index (κ2) is 5.91. The maximum absolute atomic E-state index is 12.6. The molecule has 0 N–H and O–H groups in total. The van der Waals surface area contributed by atoms with Crippen molar-refractivity contribution in [3.05, 3.63) is 64.3 Å². The molecule has 1 atom stereocenters. The van der Waals surface area contributed by atoms with Crippen molar-refractivity contribution in [3.63, 3.8) is 0 Å². The third kappa shape index (κ3) is 2.97. The van der Waals surface area contributed by atoms with Crippen molar-refractivity contribution < 1.29 is 8.42 Å². The first-order valence-electron chi connectivity index (χ1n) is 7.08. The maximum atomic E-state index is 12.6. The summed E-state index contributed by atoms with van der Waals surface area (Å²) < 4.78 is 28.8. The number of hydrogen-bond acceptors (Lipinski definition) is 2. The van der Waals surface area contributed by atoms with E-state index in [1.165, 1.54) is 9.71 Å². The molecule has 6 heteroatoms. The van der Waals surface area contributed by atoms with Gasteiger partial charge in [0.25, 0.3) is 0 Å². The molecule has 1 aliphatic heterocycles. The van der Waals surface area contributed by atoms with Crippen molar-refractivity contribution in [2.75, 3.05) is 6.54 Å². The summed E-state index contributed by atoms with van der Waals surface area (Å²) in [6.07, 6.45) is 3.59. The van der Waals surface area contributed by atoms with Gasteiger partial charge >= 0.3 is 0 Å². The van der Waals surface area contributed by atoms with Gasteiger partial charge in [-0.15, -0.1) is 0 Å². The molecule has 0 radical (unpaired) electrons. The van der Waals surface area contributed by atoms with Crippen LogP contribution in [0.4, 0.5) is 0 Å². The van der Waals surface area contributed by atoms with E-state index in [4.69, 9.17) is 11.6 Å². The molecule has 0 fully saturated rings. The molecule has 22 heavy (non-hydrogen) atoms. The van der Waals surface area contributed by atoms with Gasteiger partial charge in [-0.05, 0) is 42.8 Å². The van der Waals surface area contributed by atoms with Crippen LogP contribution in [-0.4, -0.2) is 23.8 Å². The topological polar surface area (TPSA) is 42.3 Å². The zero-order chi connectivity index (χ0) is 15.7. The van der Waals surface area contributed by atoms with Gasteiger partial charge in [0.2, 0.25) is 10.0 Å². The molecular formula is C16H17ClN2O2S. The molecule has 2 heterocycles. The largest absolute Gasteiger partial charge is 0.349 e. The standard InChI is InChI=1S/C16H17ClN2O2S/c1-13-16-3-2-9-18(16)10-11-19(13)22(20,21)12-8-14-4-6-15(17)7-5-14/h2-9,12-13H,10-11H2,1H3. The van der Waals surface area contributed by atoms with Gasteiger partial charge in [0, 0.05) is 35.4 Å². The molecule has 4 nitrogen and oxygen atoms in total. The van der Waals surface area contributed by atoms with Crippen LogP contribution in [0.5, 0.6) is 0 Å². The molecule has 3 rings (SSSR count). The number of fused-ring (bicyclic) bond motifs is 1. The van der Waals surface area contributed by atoms with E-state index in [-0.39, 0.29) is 6.04 Å². The summed E-state index contributed by atoms with van der Waals surface area (Å²) in [7, 11) is -3.45. The number of halogens is 1. The third-order valence-corrected chi connectivity index (χ3v) is 5.80. The molecular weight excluding hydrogens is 320 g/mol. The second-order valence-corrected chi connectivity index (χ2v) is 7.52. The summed E-state index contributed by atoms with van der Waals surface area (Å²) in [5.74, 6) is 0. The lowest BCUT2D eigenvalue weighted by molar-refractivity contribution is 0.285. The summed E-state index contributed by atoms with van der Waals surface area (Å²) in [5, 5.41) is 1.90. The maximum Gasteiger partial charge on any atom is 0.236 e. The van der Waals surface area contributed by atoms with Gasteiger partial charge < -0.3 is 4.57 Å². The predicted octanol–water partition coefficient (Wildman–Crippen LogP) is 3.52. The first kappa shape index (κ1) is 15.3. The Morgan fingerprint density at radius 1 is 1.18 bits per heavy atom. The SMILES string of the molecule is CC1c2cccn2CCN1S(=O)(=O)C=Cc1ccc(Cl)cc1. The Morgan fingerprint density at radius 3 is 2.64 bits per heavy atom. The second-order valence-electron chi connectivity index (χ2n) is 5.31. The van der Waals surface area contributed by atoms with Crippen molar-refractivity contribution in [2.24, 2.45) is 0 Å². The van der Waals surface area contributed by atoms with Gasteiger partial charge in [-0.3, -0.25) is 0 Å². The van der Waals surface area contributed by atoms with E-state index >= 15 is 0 Å². The van der Waals surface area contributed by atoms with Gasteiger partial charge in [-0.1, -0.05) is 23.7 Å². The van der Waals surface area contributed by atoms with Gasteiger partial charge in [0.15, 0.2) is 0 Å². The van der Waals surface area contributed by atoms with Gasteiger partial charge in [0.05, 0.1) is 6.04 Å². The van der Waals surface area contributed by atoms with Crippen LogP contribution in [0.2, 0.25) is 5.02 Å². The van der Waals surface area contributed by atoms with Gasteiger partial charge in [-0.2, -0.15) is 4.31 Å². The zero-order valence-electron chi connectivity index (χ0n) is 12.2. The Kier molecular flexibility index (Phi) is 4.12. The molecule has 1 aliphatic rings. The lowest BCUT2D eigenvalue weighted by Gasteiger charge is -2.32. The van der Waals surface area contributed by atoms with Crippen LogP contribution in [0.3, 0.4) is 0 Å². The van der Waals surface area contributed by atoms with E-state index in [1.807, 2.05) is 25.3 Å². The number of nitrogens with zero attached hydrogens (tertiary/aromatic N) is 2. The van der Waals surface area contributed by atoms with Crippen molar-refractivity contribution in [1.82, 2.24) is 8.87 Å². The summed E-state index contributed by atoms with van der Waals surface area (Å²) in [5.41, 5.74) is 1.83. The van der Waals surface area contributed by atoms with E-state index in [9.17, 15) is 8.42 Å². The molecule has 0 saturated carbocycles. The third-order valence-electron chi connectivity index (χ3n) is 3.92. The molecule has 0 spiro atoms. The van der Waals surface area contributed by atoms with Gasteiger partial charge in [0.1, 0.15) is 0 Å². The minimum atomic E-state index is -3.45. The van der Waals surface area contributed by atoms with E-state index in [0.29, 0.717) is 18.1 Å². The minimum absolute atomic E-state index is 0.163. The number of hydrogen-bond donors (Lipinski definition) is 0. The number of rotatable bonds is 3. The minimum Gasteiger partial charge on any atom is -0.349 e. The van der Waals surface area contributed by atoms with Gasteiger partial charge in [-0.25, -0.2) is 8.42 Å². The Balaban J connectivity index is 1.83. The Morgan fingerprint density at radius 2 is 1.91 bits per heavy atom. The fourth-order valence-electron chi connectivity index (χ4n) is 2.72. The smallest absolute Gasteiger partial charge is 0.236 e. The fraction of sp³-hybridized carbons (Fsp3) is 0.250. The Bertz CT molecular complexity index is 794. The highest BCUT2D eigenvalue weighted by Gasteiger charge is 2.31. The molecule has 0 amide bonds. The zero-order valence-corrected chi connectivity index (χ0v) is 13.8. The molecule has 116 valence electrons. The molecule has 1 unspecified atom stereocenters. The highest BCUT2D eigenvalue weighted by molar-refractivity contribution is 7.92. The lowest BCUT2D eigenvalue weighted by atomic mass is 10.2. The van der Waals surface area contributed by atoms with E-state index in [1.54, 1.807) is 30.3 Å². The Hall–Kier alpha value is -1.56. The predicted molar refractivity (Wildman–Crippen MR) is 89.0 cm³/mol. The van der Waals surface area contributed by atoms with Crippen molar-refractivity contribution in [3.8, 4) is 0 Å². The average Bonchev–Trinajstić information content (AvgIpc) is 2.96. The normalized spacial score (nSPS) is 19.5. The van der Waals surface area contributed by atoms with Crippen molar-refractivity contribution >= 4 is 27.7 Å². The average molecular weight is 337 g/mol. The number of aromatic nitrogens is 1. The van der Waals surface area contributed by atoms with Crippen molar-refractivity contribution in [2.45, 2.75) is 19.5 Å². The molecule has 0 aliphatic carbocycles. The molecule has 2 aromatic rings. The first-order valence-corrected chi connectivity index (χ1v) is 8.96. The summed E-state index contributed by atoms with van der Waals surface area (Å²) >= 11 is 5.83. The van der Waals surface area contributed by atoms with E-state index in [2.05, 4.69) is 4.57 Å². The summed E-state index contributed by atoms with van der Waals surface area (Å²) in [6.45, 7) is 3.08. The monoisotopic (exact) mass is 336 g/mol. The highest BCUT2D eigenvalue weighted by Crippen LogP contribution is 2.28. The van der Waals surface area contributed by atoms with Crippen LogP contribution in [0, 0.1) is 0 Å². The first-order chi connectivity index (χ1) is 10.5. The highest BCUT2D eigenvalue weighted by atomic mass is 35.5. The molecule has 0 bridgehead atoms. The lowest BCUT2D eigenvalue weighted by Crippen LogP contribution is -2.39. The quantitative estimate of drug-likeness (QED) is 0.860. The van der Waals surface area contributed by atoms with E-state index in [0.717, 1.165) is 11.3 Å².